The maximum atomic E-state index is 12.4. The number of amides is 1. The van der Waals surface area contributed by atoms with E-state index in [0.29, 0.717) is 6.54 Å². The minimum absolute atomic E-state index is 0.0818. The fourth-order valence-electron chi connectivity index (χ4n) is 2.88. The average Bonchev–Trinajstić information content (AvgIpc) is 2.46. The van der Waals surface area contributed by atoms with Crippen LogP contribution in [0.2, 0.25) is 0 Å². The van der Waals surface area contributed by atoms with Gasteiger partial charge in [-0.1, -0.05) is 6.07 Å². The summed E-state index contributed by atoms with van der Waals surface area (Å²) in [5.41, 5.74) is 2.96. The molecule has 0 bridgehead atoms. The predicted molar refractivity (Wildman–Crippen MR) is 88.3 cm³/mol. The number of benzene rings is 1. The second-order valence-corrected chi connectivity index (χ2v) is 8.22. The summed E-state index contributed by atoms with van der Waals surface area (Å²) < 4.78 is 25.4. The Morgan fingerprint density at radius 3 is 2.50 bits per heavy atom. The molecule has 122 valence electrons. The lowest BCUT2D eigenvalue weighted by atomic mass is 9.98. The summed E-state index contributed by atoms with van der Waals surface area (Å²) in [5, 5.41) is 2.92. The molecule has 1 saturated heterocycles. The number of nitrogens with one attached hydrogen (secondary N) is 1. The van der Waals surface area contributed by atoms with E-state index in [1.54, 1.807) is 6.92 Å². The smallest absolute Gasteiger partial charge is 0.228 e. The fraction of sp³-hybridized carbons (Fsp3) is 0.562. The molecular formula is C16H24N2O3S. The molecule has 1 fully saturated rings. The summed E-state index contributed by atoms with van der Waals surface area (Å²) in [6.45, 7) is 6.41. The number of nitrogens with zero attached hydrogens (tertiary/aromatic N) is 1. The number of piperidine rings is 1. The van der Waals surface area contributed by atoms with Crippen molar-refractivity contribution in [2.24, 2.45) is 5.92 Å². The molecule has 22 heavy (non-hydrogen) atoms. The van der Waals surface area contributed by atoms with Crippen LogP contribution < -0.4 is 5.32 Å². The number of sulfonamides is 1. The van der Waals surface area contributed by atoms with Gasteiger partial charge in [0.2, 0.25) is 15.9 Å². The first-order valence-corrected chi connectivity index (χ1v) is 9.29. The van der Waals surface area contributed by atoms with Gasteiger partial charge >= 0.3 is 0 Å². The van der Waals surface area contributed by atoms with Gasteiger partial charge < -0.3 is 5.32 Å². The Balaban J connectivity index is 2.06. The summed E-state index contributed by atoms with van der Waals surface area (Å²) in [4.78, 5) is 12.4. The van der Waals surface area contributed by atoms with Gasteiger partial charge in [-0.3, -0.25) is 4.79 Å². The van der Waals surface area contributed by atoms with Gasteiger partial charge in [0, 0.05) is 18.8 Å². The number of carbonyl (C=O) groups is 1. The fourth-order valence-corrected chi connectivity index (χ4v) is 4.06. The van der Waals surface area contributed by atoms with Crippen LogP contribution in [-0.2, 0) is 14.8 Å². The number of rotatable bonds is 4. The van der Waals surface area contributed by atoms with E-state index in [1.807, 2.05) is 32.0 Å². The minimum Gasteiger partial charge on any atom is -0.326 e. The van der Waals surface area contributed by atoms with Crippen LogP contribution in [0.3, 0.4) is 0 Å². The van der Waals surface area contributed by atoms with Gasteiger partial charge in [-0.05, 0) is 56.9 Å². The third kappa shape index (κ3) is 4.08. The van der Waals surface area contributed by atoms with Crippen LogP contribution in [0.15, 0.2) is 18.2 Å². The molecule has 0 aliphatic carbocycles. The standard InChI is InChI=1S/C16H24N2O3S/c1-4-22(20,21)18-7-5-6-14(11-18)16(19)17-15-9-12(2)8-13(3)10-15/h8-10,14H,4-7,11H2,1-3H3,(H,17,19)/t14-/m1/s1. The van der Waals surface area contributed by atoms with E-state index in [1.165, 1.54) is 4.31 Å². The van der Waals surface area contributed by atoms with E-state index in [9.17, 15) is 13.2 Å². The first-order chi connectivity index (χ1) is 10.3. The SMILES string of the molecule is CCS(=O)(=O)N1CCC[C@@H](C(=O)Nc2cc(C)cc(C)c2)C1. The van der Waals surface area contributed by atoms with Crippen LogP contribution in [-0.4, -0.2) is 37.5 Å². The lowest BCUT2D eigenvalue weighted by Crippen LogP contribution is -2.44. The number of anilines is 1. The zero-order chi connectivity index (χ0) is 16.3. The van der Waals surface area contributed by atoms with Crippen LogP contribution in [0.25, 0.3) is 0 Å². The third-order valence-corrected chi connectivity index (χ3v) is 5.85. The molecule has 0 spiro atoms. The molecule has 1 amide bonds. The van der Waals surface area contributed by atoms with Gasteiger partial charge in [-0.2, -0.15) is 0 Å². The molecule has 5 nitrogen and oxygen atoms in total. The van der Waals surface area contributed by atoms with Crippen molar-refractivity contribution >= 4 is 21.6 Å². The lowest BCUT2D eigenvalue weighted by Gasteiger charge is -2.30. The zero-order valence-corrected chi connectivity index (χ0v) is 14.2. The molecule has 1 N–H and O–H groups in total. The largest absolute Gasteiger partial charge is 0.326 e. The molecule has 0 saturated carbocycles. The summed E-state index contributed by atoms with van der Waals surface area (Å²) in [6, 6.07) is 5.90. The molecular weight excluding hydrogens is 300 g/mol. The van der Waals surface area contributed by atoms with Crippen LogP contribution in [0.1, 0.15) is 30.9 Å². The van der Waals surface area contributed by atoms with Crippen molar-refractivity contribution in [2.75, 3.05) is 24.2 Å². The first kappa shape index (κ1) is 17.0. The highest BCUT2D eigenvalue weighted by atomic mass is 32.2. The van der Waals surface area contributed by atoms with E-state index < -0.39 is 10.0 Å². The van der Waals surface area contributed by atoms with Crippen LogP contribution in [0.4, 0.5) is 5.69 Å². The van der Waals surface area contributed by atoms with E-state index in [4.69, 9.17) is 0 Å². The maximum absolute atomic E-state index is 12.4. The van der Waals surface area contributed by atoms with Crippen LogP contribution in [0, 0.1) is 19.8 Å². The first-order valence-electron chi connectivity index (χ1n) is 7.69. The van der Waals surface area contributed by atoms with Crippen molar-refractivity contribution < 1.29 is 13.2 Å². The van der Waals surface area contributed by atoms with Gasteiger partial charge in [0.25, 0.3) is 0 Å². The molecule has 1 heterocycles. The summed E-state index contributed by atoms with van der Waals surface area (Å²) in [6.07, 6.45) is 1.45. The van der Waals surface area contributed by atoms with Gasteiger partial charge in [0.15, 0.2) is 0 Å². The molecule has 1 aromatic rings. The third-order valence-electron chi connectivity index (χ3n) is 4.00. The zero-order valence-electron chi connectivity index (χ0n) is 13.4. The second-order valence-electron chi connectivity index (χ2n) is 5.96. The van der Waals surface area contributed by atoms with Gasteiger partial charge in [0.1, 0.15) is 0 Å². The Labute approximate surface area is 132 Å². The van der Waals surface area contributed by atoms with Crippen molar-refractivity contribution in [1.82, 2.24) is 4.31 Å². The highest BCUT2D eigenvalue weighted by Crippen LogP contribution is 2.22. The Kier molecular flexibility index (Phi) is 5.24. The number of aryl methyl sites for hydroxylation is 2. The molecule has 1 atom stereocenters. The normalized spacial score (nSPS) is 19.9. The Morgan fingerprint density at radius 1 is 1.27 bits per heavy atom. The van der Waals surface area contributed by atoms with Crippen LogP contribution >= 0.6 is 0 Å². The monoisotopic (exact) mass is 324 g/mol. The Morgan fingerprint density at radius 2 is 1.91 bits per heavy atom. The van der Waals surface area contributed by atoms with Crippen molar-refractivity contribution in [3.8, 4) is 0 Å². The molecule has 1 aliphatic heterocycles. The summed E-state index contributed by atoms with van der Waals surface area (Å²) >= 11 is 0. The topological polar surface area (TPSA) is 66.5 Å². The van der Waals surface area contributed by atoms with Crippen molar-refractivity contribution in [3.63, 3.8) is 0 Å². The van der Waals surface area contributed by atoms with Gasteiger partial charge in [-0.25, -0.2) is 12.7 Å². The number of hydrogen-bond donors (Lipinski definition) is 1. The number of hydrogen-bond acceptors (Lipinski definition) is 3. The average molecular weight is 324 g/mol. The minimum atomic E-state index is -3.22. The van der Waals surface area contributed by atoms with E-state index in [2.05, 4.69) is 5.32 Å². The summed E-state index contributed by atoms with van der Waals surface area (Å²) in [7, 11) is -3.22. The molecule has 6 heteroatoms. The van der Waals surface area contributed by atoms with Crippen LogP contribution in [0.5, 0.6) is 0 Å². The molecule has 0 unspecified atom stereocenters. The van der Waals surface area contributed by atoms with E-state index in [0.717, 1.165) is 29.7 Å². The van der Waals surface area contributed by atoms with Crippen molar-refractivity contribution in [1.29, 1.82) is 0 Å². The number of carbonyl (C=O) groups excluding carboxylic acids is 1. The predicted octanol–water partition coefficient (Wildman–Crippen LogP) is 2.30. The Hall–Kier alpha value is -1.40. The Bertz CT molecular complexity index is 635. The van der Waals surface area contributed by atoms with Gasteiger partial charge in [0.05, 0.1) is 11.7 Å². The molecule has 0 radical (unpaired) electrons. The summed E-state index contributed by atoms with van der Waals surface area (Å²) in [5.74, 6) is -0.296. The highest BCUT2D eigenvalue weighted by Gasteiger charge is 2.31. The van der Waals surface area contributed by atoms with Crippen molar-refractivity contribution in [2.45, 2.75) is 33.6 Å². The highest BCUT2D eigenvalue weighted by molar-refractivity contribution is 7.89. The quantitative estimate of drug-likeness (QED) is 0.924. The second kappa shape index (κ2) is 6.79. The van der Waals surface area contributed by atoms with E-state index in [-0.39, 0.29) is 24.1 Å². The van der Waals surface area contributed by atoms with Gasteiger partial charge in [-0.15, -0.1) is 0 Å². The molecule has 1 aromatic carbocycles. The lowest BCUT2D eigenvalue weighted by molar-refractivity contribution is -0.120. The molecule has 1 aliphatic rings. The molecule has 2 rings (SSSR count). The van der Waals surface area contributed by atoms with Crippen molar-refractivity contribution in [3.05, 3.63) is 29.3 Å². The van der Waals surface area contributed by atoms with E-state index >= 15 is 0 Å². The maximum Gasteiger partial charge on any atom is 0.228 e. The molecule has 0 aromatic heterocycles.